The van der Waals surface area contributed by atoms with Gasteiger partial charge in [0.15, 0.2) is 0 Å². The number of aliphatic hydroxyl groups is 2. The summed E-state index contributed by atoms with van der Waals surface area (Å²) in [5, 5.41) is 19.6. The number of hydrogen-bond acceptors (Lipinski definition) is 4. The highest BCUT2D eigenvalue weighted by Gasteiger charge is 2.31. The van der Waals surface area contributed by atoms with Gasteiger partial charge in [0.25, 0.3) is 0 Å². The second kappa shape index (κ2) is 11.5. The molecule has 4 nitrogen and oxygen atoms in total. The standard InChI is InChI=1S/C29H45NO3/c1-8-29(9-2,24-13-14-26(21(4)17-24)33-19-25(30)18-31)23-12-10-22(20(3)16-23)11-15-27(32)28(5,6)7/h10,12-14,16-17,25,27,31-32H,8-9,11,15,18-19,30H2,1-7H3/t25-,27?/m1/s1. The quantitative estimate of drug-likeness (QED) is 0.421. The summed E-state index contributed by atoms with van der Waals surface area (Å²) in [4.78, 5) is 0. The van der Waals surface area contributed by atoms with Gasteiger partial charge < -0.3 is 20.7 Å². The molecular formula is C29H45NO3. The first-order chi connectivity index (χ1) is 15.5. The molecule has 2 aromatic rings. The van der Waals surface area contributed by atoms with Crippen molar-refractivity contribution in [2.24, 2.45) is 11.1 Å². The van der Waals surface area contributed by atoms with Crippen LogP contribution in [0.2, 0.25) is 0 Å². The van der Waals surface area contributed by atoms with Gasteiger partial charge in [-0.2, -0.15) is 0 Å². The smallest absolute Gasteiger partial charge is 0.122 e. The molecule has 0 spiro atoms. The van der Waals surface area contributed by atoms with Gasteiger partial charge in [-0.25, -0.2) is 0 Å². The van der Waals surface area contributed by atoms with Crippen molar-refractivity contribution in [1.82, 2.24) is 0 Å². The fourth-order valence-corrected chi connectivity index (χ4v) is 4.59. The van der Waals surface area contributed by atoms with Gasteiger partial charge in [0.2, 0.25) is 0 Å². The lowest BCUT2D eigenvalue weighted by Crippen LogP contribution is -2.31. The summed E-state index contributed by atoms with van der Waals surface area (Å²) in [5.41, 5.74) is 11.9. The van der Waals surface area contributed by atoms with E-state index in [9.17, 15) is 5.11 Å². The topological polar surface area (TPSA) is 75.7 Å². The number of nitrogens with two attached hydrogens (primary N) is 1. The Bertz CT molecular complexity index is 896. The van der Waals surface area contributed by atoms with E-state index in [0.29, 0.717) is 6.61 Å². The van der Waals surface area contributed by atoms with Crippen LogP contribution in [0.3, 0.4) is 0 Å². The third-order valence-corrected chi connectivity index (χ3v) is 7.20. The maximum absolute atomic E-state index is 10.4. The van der Waals surface area contributed by atoms with E-state index in [-0.39, 0.29) is 29.6 Å². The molecule has 0 aliphatic carbocycles. The van der Waals surface area contributed by atoms with Gasteiger partial charge >= 0.3 is 0 Å². The van der Waals surface area contributed by atoms with Gasteiger partial charge in [-0.1, -0.05) is 65.0 Å². The minimum atomic E-state index is -0.375. The zero-order valence-electron chi connectivity index (χ0n) is 21.7. The predicted octanol–water partition coefficient (Wildman–Crippen LogP) is 5.45. The van der Waals surface area contributed by atoms with Crippen LogP contribution in [-0.2, 0) is 11.8 Å². The van der Waals surface area contributed by atoms with Crippen LogP contribution in [-0.4, -0.2) is 35.6 Å². The summed E-state index contributed by atoms with van der Waals surface area (Å²) in [7, 11) is 0. The number of hydrogen-bond donors (Lipinski definition) is 3. The van der Waals surface area contributed by atoms with Crippen LogP contribution in [0.1, 0.15) is 81.7 Å². The third-order valence-electron chi connectivity index (χ3n) is 7.20. The molecule has 0 saturated carbocycles. The first-order valence-electron chi connectivity index (χ1n) is 12.4. The van der Waals surface area contributed by atoms with Gasteiger partial charge in [-0.15, -0.1) is 0 Å². The van der Waals surface area contributed by atoms with Crippen molar-refractivity contribution in [2.45, 2.75) is 91.7 Å². The molecule has 0 aliphatic heterocycles. The molecule has 0 saturated heterocycles. The highest BCUT2D eigenvalue weighted by atomic mass is 16.5. The van der Waals surface area contributed by atoms with E-state index in [1.807, 2.05) is 6.07 Å². The van der Waals surface area contributed by atoms with E-state index in [1.165, 1.54) is 22.3 Å². The third kappa shape index (κ3) is 6.59. The van der Waals surface area contributed by atoms with Crippen LogP contribution in [0.15, 0.2) is 36.4 Å². The molecule has 0 heterocycles. The number of aliphatic hydroxyl groups excluding tert-OH is 2. The van der Waals surface area contributed by atoms with Crippen molar-refractivity contribution in [3.8, 4) is 5.75 Å². The summed E-state index contributed by atoms with van der Waals surface area (Å²) in [6, 6.07) is 12.9. The monoisotopic (exact) mass is 455 g/mol. The molecule has 0 bridgehead atoms. The van der Waals surface area contributed by atoms with Crippen LogP contribution >= 0.6 is 0 Å². The molecule has 2 atom stereocenters. The molecule has 4 N–H and O–H groups in total. The van der Waals surface area contributed by atoms with E-state index < -0.39 is 0 Å². The van der Waals surface area contributed by atoms with Crippen LogP contribution in [0.5, 0.6) is 5.75 Å². The van der Waals surface area contributed by atoms with Gasteiger partial charge in [0, 0.05) is 5.41 Å². The summed E-state index contributed by atoms with van der Waals surface area (Å²) < 4.78 is 5.83. The van der Waals surface area contributed by atoms with Gasteiger partial charge in [-0.3, -0.25) is 0 Å². The van der Waals surface area contributed by atoms with Crippen molar-refractivity contribution in [1.29, 1.82) is 0 Å². The van der Waals surface area contributed by atoms with E-state index in [0.717, 1.165) is 37.0 Å². The molecule has 33 heavy (non-hydrogen) atoms. The van der Waals surface area contributed by atoms with E-state index in [1.54, 1.807) is 0 Å². The molecule has 0 aliphatic rings. The minimum Gasteiger partial charge on any atom is -0.492 e. The fourth-order valence-electron chi connectivity index (χ4n) is 4.59. The molecule has 0 amide bonds. The zero-order chi connectivity index (χ0) is 24.8. The van der Waals surface area contributed by atoms with Crippen LogP contribution in [0, 0.1) is 19.3 Å². The zero-order valence-corrected chi connectivity index (χ0v) is 21.7. The van der Waals surface area contributed by atoms with Crippen LogP contribution < -0.4 is 10.5 Å². The molecule has 1 unspecified atom stereocenters. The van der Waals surface area contributed by atoms with Crippen molar-refractivity contribution < 1.29 is 14.9 Å². The maximum atomic E-state index is 10.4. The Hall–Kier alpha value is -1.88. The molecule has 0 aromatic heterocycles. The largest absolute Gasteiger partial charge is 0.492 e. The average Bonchev–Trinajstić information content (AvgIpc) is 2.78. The Kier molecular flexibility index (Phi) is 9.54. The first kappa shape index (κ1) is 27.4. The SMILES string of the molecule is CCC(CC)(c1ccc(CCC(O)C(C)(C)C)c(C)c1)c1ccc(OC[C@H](N)CO)c(C)c1. The Balaban J connectivity index is 2.31. The normalized spacial score (nSPS) is 14.2. The summed E-state index contributed by atoms with van der Waals surface area (Å²) in [6.45, 7) is 15.2. The molecule has 0 radical (unpaired) electrons. The molecule has 2 aromatic carbocycles. The second-order valence-corrected chi connectivity index (χ2v) is 10.6. The summed E-state index contributed by atoms with van der Waals surface area (Å²) >= 11 is 0. The van der Waals surface area contributed by atoms with E-state index in [4.69, 9.17) is 15.6 Å². The Morgan fingerprint density at radius 2 is 1.52 bits per heavy atom. The highest BCUT2D eigenvalue weighted by molar-refractivity contribution is 5.47. The highest BCUT2D eigenvalue weighted by Crippen LogP contribution is 2.41. The number of ether oxygens (including phenoxy) is 1. The van der Waals surface area contributed by atoms with Gasteiger partial charge in [0.05, 0.1) is 18.8 Å². The molecule has 2 rings (SSSR count). The second-order valence-electron chi connectivity index (χ2n) is 10.6. The van der Waals surface area contributed by atoms with Gasteiger partial charge in [-0.05, 0) is 78.8 Å². The van der Waals surface area contributed by atoms with Crippen molar-refractivity contribution in [3.05, 3.63) is 64.2 Å². The van der Waals surface area contributed by atoms with Crippen LogP contribution in [0.4, 0.5) is 0 Å². The average molecular weight is 456 g/mol. The lowest BCUT2D eigenvalue weighted by atomic mass is 9.69. The Morgan fingerprint density at radius 1 is 0.939 bits per heavy atom. The van der Waals surface area contributed by atoms with Crippen molar-refractivity contribution in [3.63, 3.8) is 0 Å². The fraction of sp³-hybridized carbons (Fsp3) is 0.586. The number of rotatable bonds is 11. The van der Waals surface area contributed by atoms with Gasteiger partial charge in [0.1, 0.15) is 12.4 Å². The Labute approximate surface area is 201 Å². The Morgan fingerprint density at radius 3 is 2.00 bits per heavy atom. The lowest BCUT2D eigenvalue weighted by molar-refractivity contribution is 0.0560. The lowest BCUT2D eigenvalue weighted by Gasteiger charge is -2.34. The van der Waals surface area contributed by atoms with E-state index in [2.05, 4.69) is 78.8 Å². The molecular weight excluding hydrogens is 410 g/mol. The first-order valence-corrected chi connectivity index (χ1v) is 12.4. The maximum Gasteiger partial charge on any atom is 0.122 e. The van der Waals surface area contributed by atoms with Crippen LogP contribution in [0.25, 0.3) is 0 Å². The number of benzene rings is 2. The molecule has 0 fully saturated rings. The minimum absolute atomic E-state index is 0.0704. The van der Waals surface area contributed by atoms with Crippen molar-refractivity contribution in [2.75, 3.05) is 13.2 Å². The number of aryl methyl sites for hydroxylation is 3. The molecule has 4 heteroatoms. The molecule has 184 valence electrons. The summed E-state index contributed by atoms with van der Waals surface area (Å²) in [6.07, 6.45) is 3.35. The van der Waals surface area contributed by atoms with E-state index >= 15 is 0 Å². The van der Waals surface area contributed by atoms with Crippen molar-refractivity contribution >= 4 is 0 Å². The predicted molar refractivity (Wildman–Crippen MR) is 138 cm³/mol. The summed E-state index contributed by atoms with van der Waals surface area (Å²) in [5.74, 6) is 0.813.